The summed E-state index contributed by atoms with van der Waals surface area (Å²) in [6.07, 6.45) is 1.27. The van der Waals surface area contributed by atoms with Crippen molar-refractivity contribution in [1.82, 2.24) is 4.98 Å². The minimum absolute atomic E-state index is 0.160. The zero-order valence-electron chi connectivity index (χ0n) is 5.95. The summed E-state index contributed by atoms with van der Waals surface area (Å²) in [4.78, 5) is 3.27. The summed E-state index contributed by atoms with van der Waals surface area (Å²) in [7, 11) is -1.79. The molecular weight excluding hydrogens is 148 g/mol. The van der Waals surface area contributed by atoms with Crippen LogP contribution in [0.3, 0.4) is 0 Å². The Bertz CT molecular complexity index is 247. The molecule has 0 aliphatic heterocycles. The minimum atomic E-state index is -1.79. The second kappa shape index (κ2) is 2.98. The van der Waals surface area contributed by atoms with Crippen LogP contribution >= 0.6 is 0 Å². The molecule has 0 fully saturated rings. The molecule has 0 spiro atoms. The van der Waals surface area contributed by atoms with Gasteiger partial charge in [-0.05, 0) is 18.6 Å². The maximum absolute atomic E-state index is 12.7. The van der Waals surface area contributed by atoms with Crippen LogP contribution < -0.4 is 5.46 Å². The molecule has 0 aromatic carbocycles. The summed E-state index contributed by atoms with van der Waals surface area (Å²) in [5.41, 5.74) is 0.319. The Balaban J connectivity index is 3.21. The lowest BCUT2D eigenvalue weighted by Gasteiger charge is -2.02. The van der Waals surface area contributed by atoms with Gasteiger partial charge in [0.1, 0.15) is 0 Å². The van der Waals surface area contributed by atoms with E-state index in [-0.39, 0.29) is 5.46 Å². The molecule has 0 aliphatic carbocycles. The molecule has 1 aromatic heterocycles. The summed E-state index contributed by atoms with van der Waals surface area (Å²) >= 11 is 0. The molecule has 58 valence electrons. The number of rotatable bonds is 1. The molecular formula is C6H7BFNO2. The quantitative estimate of drug-likeness (QED) is 0.412. The molecule has 0 atom stereocenters. The lowest BCUT2D eigenvalue weighted by molar-refractivity contribution is 0.421. The van der Waals surface area contributed by atoms with Crippen molar-refractivity contribution in [3.05, 3.63) is 23.8 Å². The first-order valence-electron chi connectivity index (χ1n) is 3.10. The van der Waals surface area contributed by atoms with Crippen molar-refractivity contribution in [1.29, 1.82) is 0 Å². The first-order chi connectivity index (χ1) is 5.13. The molecule has 1 aromatic rings. The number of nitrogens with zero attached hydrogens (tertiary/aromatic N) is 1. The van der Waals surface area contributed by atoms with Crippen molar-refractivity contribution < 1.29 is 14.4 Å². The van der Waals surface area contributed by atoms with Gasteiger partial charge in [-0.25, -0.2) is 4.98 Å². The highest BCUT2D eigenvalue weighted by Crippen LogP contribution is 1.95. The first-order valence-corrected chi connectivity index (χ1v) is 3.10. The van der Waals surface area contributed by atoms with E-state index in [1.165, 1.54) is 12.3 Å². The van der Waals surface area contributed by atoms with Crippen LogP contribution in [-0.4, -0.2) is 22.2 Å². The Kier molecular flexibility index (Phi) is 2.21. The Morgan fingerprint density at radius 2 is 2.18 bits per heavy atom. The third kappa shape index (κ3) is 1.55. The fourth-order valence-corrected chi connectivity index (χ4v) is 0.847. The SMILES string of the molecule is Cc1ccnc(F)c1B(O)O. The molecule has 2 N–H and O–H groups in total. The summed E-state index contributed by atoms with van der Waals surface area (Å²) in [5.74, 6) is -0.833. The lowest BCUT2D eigenvalue weighted by atomic mass is 9.78. The molecule has 0 amide bonds. The number of aryl methyl sites for hydroxylation is 1. The van der Waals surface area contributed by atoms with E-state index in [1.54, 1.807) is 6.92 Å². The van der Waals surface area contributed by atoms with Crippen molar-refractivity contribution in [2.75, 3.05) is 0 Å². The van der Waals surface area contributed by atoms with Crippen molar-refractivity contribution >= 4 is 12.6 Å². The van der Waals surface area contributed by atoms with Gasteiger partial charge in [-0.3, -0.25) is 0 Å². The largest absolute Gasteiger partial charge is 0.493 e. The van der Waals surface area contributed by atoms with Gasteiger partial charge < -0.3 is 10.0 Å². The van der Waals surface area contributed by atoms with E-state index in [0.29, 0.717) is 5.56 Å². The lowest BCUT2D eigenvalue weighted by Crippen LogP contribution is -2.35. The van der Waals surface area contributed by atoms with E-state index in [9.17, 15) is 4.39 Å². The molecule has 5 heteroatoms. The second-order valence-corrected chi connectivity index (χ2v) is 2.21. The van der Waals surface area contributed by atoms with Crippen LogP contribution in [0.4, 0.5) is 4.39 Å². The third-order valence-corrected chi connectivity index (χ3v) is 1.42. The van der Waals surface area contributed by atoms with E-state index in [0.717, 1.165) is 0 Å². The average molecular weight is 155 g/mol. The number of aromatic nitrogens is 1. The molecule has 11 heavy (non-hydrogen) atoms. The minimum Gasteiger partial charge on any atom is -0.423 e. The van der Waals surface area contributed by atoms with Gasteiger partial charge in [-0.15, -0.1) is 0 Å². The topological polar surface area (TPSA) is 53.4 Å². The van der Waals surface area contributed by atoms with E-state index < -0.39 is 13.1 Å². The van der Waals surface area contributed by atoms with Crippen LogP contribution in [-0.2, 0) is 0 Å². The standard InChI is InChI=1S/C6H7BFNO2/c1-4-2-3-9-6(8)5(4)7(10)11/h2-3,10-11H,1H3. The summed E-state index contributed by atoms with van der Waals surface area (Å²) < 4.78 is 12.7. The van der Waals surface area contributed by atoms with Crippen molar-refractivity contribution in [3.63, 3.8) is 0 Å². The fraction of sp³-hybridized carbons (Fsp3) is 0.167. The van der Waals surface area contributed by atoms with Gasteiger partial charge in [0, 0.05) is 11.7 Å². The Hall–Kier alpha value is -0.935. The van der Waals surface area contributed by atoms with Gasteiger partial charge >= 0.3 is 7.12 Å². The van der Waals surface area contributed by atoms with Gasteiger partial charge in [0.2, 0.25) is 5.95 Å². The molecule has 0 aliphatic rings. The van der Waals surface area contributed by atoms with Gasteiger partial charge in [0.25, 0.3) is 0 Å². The fourth-order valence-electron chi connectivity index (χ4n) is 0.847. The highest BCUT2D eigenvalue weighted by atomic mass is 19.1. The van der Waals surface area contributed by atoms with Gasteiger partial charge in [-0.1, -0.05) is 0 Å². The molecule has 0 saturated carbocycles. The Labute approximate surface area is 63.7 Å². The Morgan fingerprint density at radius 3 is 2.55 bits per heavy atom. The predicted octanol–water partition coefficient (Wildman–Crippen LogP) is -0.791. The van der Waals surface area contributed by atoms with Crippen LogP contribution in [0.5, 0.6) is 0 Å². The van der Waals surface area contributed by atoms with Crippen molar-refractivity contribution in [2.45, 2.75) is 6.92 Å². The monoisotopic (exact) mass is 155 g/mol. The molecule has 0 bridgehead atoms. The first kappa shape index (κ1) is 8.16. The van der Waals surface area contributed by atoms with Crippen LogP contribution in [0.2, 0.25) is 0 Å². The summed E-state index contributed by atoms with van der Waals surface area (Å²) in [5, 5.41) is 17.3. The summed E-state index contributed by atoms with van der Waals surface area (Å²) in [6, 6.07) is 1.51. The third-order valence-electron chi connectivity index (χ3n) is 1.42. The van der Waals surface area contributed by atoms with Gasteiger partial charge in [0.15, 0.2) is 0 Å². The van der Waals surface area contributed by atoms with E-state index in [4.69, 9.17) is 10.0 Å². The molecule has 3 nitrogen and oxygen atoms in total. The van der Waals surface area contributed by atoms with Crippen LogP contribution in [0, 0.1) is 12.9 Å². The molecule has 1 heterocycles. The average Bonchev–Trinajstić information content (AvgIpc) is 1.85. The predicted molar refractivity (Wildman–Crippen MR) is 38.8 cm³/mol. The number of hydrogen-bond donors (Lipinski definition) is 2. The highest BCUT2D eigenvalue weighted by molar-refractivity contribution is 6.59. The number of halogens is 1. The van der Waals surface area contributed by atoms with E-state index in [1.807, 2.05) is 0 Å². The zero-order chi connectivity index (χ0) is 8.43. The van der Waals surface area contributed by atoms with Crippen molar-refractivity contribution in [3.8, 4) is 0 Å². The number of hydrogen-bond acceptors (Lipinski definition) is 3. The van der Waals surface area contributed by atoms with Gasteiger partial charge in [0.05, 0.1) is 0 Å². The van der Waals surface area contributed by atoms with Gasteiger partial charge in [-0.2, -0.15) is 4.39 Å². The van der Waals surface area contributed by atoms with E-state index in [2.05, 4.69) is 4.98 Å². The van der Waals surface area contributed by atoms with Crippen LogP contribution in [0.1, 0.15) is 5.56 Å². The number of pyridine rings is 1. The smallest absolute Gasteiger partial charge is 0.423 e. The summed E-state index contributed by atoms with van der Waals surface area (Å²) in [6.45, 7) is 1.58. The molecule has 1 rings (SSSR count). The van der Waals surface area contributed by atoms with Crippen molar-refractivity contribution in [2.24, 2.45) is 0 Å². The molecule has 0 unspecified atom stereocenters. The zero-order valence-corrected chi connectivity index (χ0v) is 5.95. The van der Waals surface area contributed by atoms with Crippen LogP contribution in [0.15, 0.2) is 12.3 Å². The maximum atomic E-state index is 12.7. The maximum Gasteiger partial charge on any atom is 0.493 e. The molecule has 0 radical (unpaired) electrons. The second-order valence-electron chi connectivity index (χ2n) is 2.21. The molecule has 0 saturated heterocycles. The van der Waals surface area contributed by atoms with Crippen LogP contribution in [0.25, 0.3) is 0 Å². The van der Waals surface area contributed by atoms with E-state index >= 15 is 0 Å². The Morgan fingerprint density at radius 1 is 1.55 bits per heavy atom. The normalized spacial score (nSPS) is 9.82. The highest BCUT2D eigenvalue weighted by Gasteiger charge is 2.19.